The zero-order valence-corrected chi connectivity index (χ0v) is 17.2. The maximum atomic E-state index is 13.0. The minimum Gasteiger partial charge on any atom is -0.262 e. The van der Waals surface area contributed by atoms with Crippen molar-refractivity contribution in [2.24, 2.45) is 0 Å². The predicted molar refractivity (Wildman–Crippen MR) is 118 cm³/mol. The quantitative estimate of drug-likeness (QED) is 0.579. The first-order chi connectivity index (χ1) is 13.9. The van der Waals surface area contributed by atoms with Gasteiger partial charge >= 0.3 is 6.03 Å². The number of amides is 2. The Labute approximate surface area is 175 Å². The van der Waals surface area contributed by atoms with E-state index in [-0.39, 0.29) is 4.91 Å². The lowest BCUT2D eigenvalue weighted by molar-refractivity contribution is 0.253. The summed E-state index contributed by atoms with van der Waals surface area (Å²) in [5.74, 6) is 0. The number of nitrogens with zero attached hydrogens (tertiary/aromatic N) is 1. The van der Waals surface area contributed by atoms with Gasteiger partial charge in [-0.2, -0.15) is 0 Å². The van der Waals surface area contributed by atoms with Gasteiger partial charge < -0.3 is 0 Å². The molecular formula is C22H19ClN2O3S. The van der Waals surface area contributed by atoms with E-state index < -0.39 is 16.1 Å². The van der Waals surface area contributed by atoms with Gasteiger partial charge in [0.1, 0.15) is 0 Å². The van der Waals surface area contributed by atoms with E-state index in [1.165, 1.54) is 17.9 Å². The van der Waals surface area contributed by atoms with Gasteiger partial charge in [0.15, 0.2) is 0 Å². The van der Waals surface area contributed by atoms with Gasteiger partial charge in [-0.15, -0.1) is 0 Å². The third-order valence-electron chi connectivity index (χ3n) is 4.14. The van der Waals surface area contributed by atoms with Crippen LogP contribution in [0.15, 0.2) is 89.8 Å². The summed E-state index contributed by atoms with van der Waals surface area (Å²) in [6.07, 6.45) is 1.42. The number of hydrogen-bond acceptors (Lipinski definition) is 3. The molecule has 0 saturated carbocycles. The van der Waals surface area contributed by atoms with Crippen molar-refractivity contribution in [2.75, 3.05) is 4.90 Å². The van der Waals surface area contributed by atoms with Crippen molar-refractivity contribution < 1.29 is 13.2 Å². The lowest BCUT2D eigenvalue weighted by atomic mass is 10.2. The van der Waals surface area contributed by atoms with Crippen LogP contribution in [0, 0.1) is 0 Å². The second kappa shape index (κ2) is 8.94. The van der Waals surface area contributed by atoms with Crippen LogP contribution in [0.5, 0.6) is 0 Å². The Morgan fingerprint density at radius 1 is 0.862 bits per heavy atom. The summed E-state index contributed by atoms with van der Waals surface area (Å²) in [5, 5.41) is 0.420. The van der Waals surface area contributed by atoms with E-state index in [1.807, 2.05) is 12.1 Å². The highest BCUT2D eigenvalue weighted by atomic mass is 35.5. The monoisotopic (exact) mass is 426 g/mol. The number of para-hydroxylation sites is 2. The summed E-state index contributed by atoms with van der Waals surface area (Å²) >= 11 is 6.10. The van der Waals surface area contributed by atoms with Gasteiger partial charge in [0.2, 0.25) is 0 Å². The summed E-state index contributed by atoms with van der Waals surface area (Å²) in [6, 6.07) is 23.7. The molecule has 148 valence electrons. The normalized spacial score (nSPS) is 11.7. The summed E-state index contributed by atoms with van der Waals surface area (Å²) in [4.78, 5) is 14.2. The number of urea groups is 1. The van der Waals surface area contributed by atoms with Gasteiger partial charge in [0.25, 0.3) is 10.0 Å². The van der Waals surface area contributed by atoms with Crippen molar-refractivity contribution >= 4 is 45.1 Å². The molecule has 0 aliphatic carbocycles. The Kier molecular flexibility index (Phi) is 6.36. The van der Waals surface area contributed by atoms with Crippen LogP contribution in [0.4, 0.5) is 16.2 Å². The molecule has 3 aromatic carbocycles. The number of sulfonamides is 1. The van der Waals surface area contributed by atoms with E-state index in [0.29, 0.717) is 22.0 Å². The van der Waals surface area contributed by atoms with Crippen molar-refractivity contribution in [3.05, 3.63) is 100 Å². The van der Waals surface area contributed by atoms with Crippen LogP contribution >= 0.6 is 11.6 Å². The topological polar surface area (TPSA) is 66.5 Å². The predicted octanol–water partition coefficient (Wildman–Crippen LogP) is 5.58. The summed E-state index contributed by atoms with van der Waals surface area (Å²) in [6.45, 7) is 1.41. The number of halogens is 1. The van der Waals surface area contributed by atoms with Crippen LogP contribution in [0.25, 0.3) is 6.08 Å². The van der Waals surface area contributed by atoms with Gasteiger partial charge in [-0.25, -0.2) is 17.9 Å². The van der Waals surface area contributed by atoms with Gasteiger partial charge in [0, 0.05) is 5.02 Å². The standard InChI is InChI=1S/C22H19ClN2O3S/c1-17(16-18-10-8-9-15-21(18)23)29(27,28)24-22(26)25(19-11-4-2-5-12-19)20-13-6-3-7-14-20/h2-16H,1H3,(H,24,26). The molecular weight excluding hydrogens is 408 g/mol. The molecule has 0 atom stereocenters. The van der Waals surface area contributed by atoms with E-state index in [0.717, 1.165) is 0 Å². The fourth-order valence-corrected chi connectivity index (χ4v) is 3.62. The van der Waals surface area contributed by atoms with Crippen molar-refractivity contribution in [3.63, 3.8) is 0 Å². The molecule has 0 aromatic heterocycles. The fraction of sp³-hybridized carbons (Fsp3) is 0.0455. The third kappa shape index (κ3) is 5.04. The summed E-state index contributed by atoms with van der Waals surface area (Å²) in [7, 11) is -4.07. The van der Waals surface area contributed by atoms with E-state index in [4.69, 9.17) is 11.6 Å². The van der Waals surface area contributed by atoms with Crippen LogP contribution in [0.3, 0.4) is 0 Å². The van der Waals surface area contributed by atoms with Gasteiger partial charge in [-0.3, -0.25) is 4.90 Å². The summed E-state index contributed by atoms with van der Waals surface area (Å²) < 4.78 is 27.6. The van der Waals surface area contributed by atoms with Crippen molar-refractivity contribution in [3.8, 4) is 0 Å². The first-order valence-electron chi connectivity index (χ1n) is 8.78. The molecule has 0 heterocycles. The first kappa shape index (κ1) is 20.6. The molecule has 7 heteroatoms. The Morgan fingerprint density at radius 3 is 1.86 bits per heavy atom. The maximum absolute atomic E-state index is 13.0. The average molecular weight is 427 g/mol. The molecule has 0 unspecified atom stereocenters. The number of hydrogen-bond donors (Lipinski definition) is 1. The molecule has 0 aliphatic rings. The molecule has 0 bridgehead atoms. The average Bonchev–Trinajstić information content (AvgIpc) is 2.71. The van der Waals surface area contributed by atoms with Crippen molar-refractivity contribution in [2.45, 2.75) is 6.92 Å². The molecule has 2 amide bonds. The number of rotatable bonds is 5. The Bertz CT molecular complexity index is 1090. The highest BCUT2D eigenvalue weighted by Gasteiger charge is 2.24. The second-order valence-corrected chi connectivity index (χ2v) is 8.46. The van der Waals surface area contributed by atoms with Gasteiger partial charge in [-0.05, 0) is 48.9 Å². The smallest absolute Gasteiger partial charge is 0.262 e. The largest absolute Gasteiger partial charge is 0.340 e. The molecule has 1 N–H and O–H groups in total. The van der Waals surface area contributed by atoms with Gasteiger partial charge in [0.05, 0.1) is 16.3 Å². The van der Waals surface area contributed by atoms with Crippen LogP contribution in [-0.2, 0) is 10.0 Å². The zero-order valence-electron chi connectivity index (χ0n) is 15.6. The number of allylic oxidation sites excluding steroid dienone is 1. The van der Waals surface area contributed by atoms with E-state index in [9.17, 15) is 13.2 Å². The fourth-order valence-electron chi connectivity index (χ4n) is 2.67. The molecule has 0 aliphatic heterocycles. The molecule has 5 nitrogen and oxygen atoms in total. The highest BCUT2D eigenvalue weighted by molar-refractivity contribution is 7.94. The summed E-state index contributed by atoms with van der Waals surface area (Å²) in [5.41, 5.74) is 1.63. The van der Waals surface area contributed by atoms with Crippen LogP contribution in [0.1, 0.15) is 12.5 Å². The maximum Gasteiger partial charge on any atom is 0.340 e. The number of carbonyl (C=O) groups excluding carboxylic acids is 1. The molecule has 3 rings (SSSR count). The van der Waals surface area contributed by atoms with Gasteiger partial charge in [-0.1, -0.05) is 66.2 Å². The van der Waals surface area contributed by atoms with E-state index >= 15 is 0 Å². The SMILES string of the molecule is CC(=Cc1ccccc1Cl)S(=O)(=O)NC(=O)N(c1ccccc1)c1ccccc1. The van der Waals surface area contributed by atoms with E-state index in [2.05, 4.69) is 4.72 Å². The Morgan fingerprint density at radius 2 is 1.34 bits per heavy atom. The lowest BCUT2D eigenvalue weighted by Gasteiger charge is -2.23. The minimum absolute atomic E-state index is 0.0278. The van der Waals surface area contributed by atoms with Crippen LogP contribution < -0.4 is 9.62 Å². The molecule has 0 spiro atoms. The number of nitrogens with one attached hydrogen (secondary N) is 1. The van der Waals surface area contributed by atoms with Crippen molar-refractivity contribution in [1.29, 1.82) is 0 Å². The number of carbonyl (C=O) groups is 1. The third-order valence-corrected chi connectivity index (χ3v) is 5.89. The molecule has 29 heavy (non-hydrogen) atoms. The van der Waals surface area contributed by atoms with Crippen LogP contribution in [0.2, 0.25) is 5.02 Å². The van der Waals surface area contributed by atoms with E-state index in [1.54, 1.807) is 72.8 Å². The highest BCUT2D eigenvalue weighted by Crippen LogP contribution is 2.26. The van der Waals surface area contributed by atoms with Crippen LogP contribution in [-0.4, -0.2) is 14.4 Å². The molecule has 0 fully saturated rings. The molecule has 0 radical (unpaired) electrons. The Hall–Kier alpha value is -3.09. The second-order valence-electron chi connectivity index (χ2n) is 6.19. The minimum atomic E-state index is -4.07. The first-order valence-corrected chi connectivity index (χ1v) is 10.6. The number of anilines is 2. The molecule has 0 saturated heterocycles. The lowest BCUT2D eigenvalue weighted by Crippen LogP contribution is -2.40. The number of benzene rings is 3. The Balaban J connectivity index is 1.92. The molecule has 3 aromatic rings. The zero-order chi connectivity index (χ0) is 20.9. The van der Waals surface area contributed by atoms with Crippen molar-refractivity contribution in [1.82, 2.24) is 4.72 Å².